The van der Waals surface area contributed by atoms with E-state index in [0.29, 0.717) is 12.1 Å². The van der Waals surface area contributed by atoms with Gasteiger partial charge < -0.3 is 5.73 Å². The molecule has 2 N–H and O–H groups in total. The first-order valence-electron chi connectivity index (χ1n) is 4.82. The van der Waals surface area contributed by atoms with Crippen LogP contribution in [-0.2, 0) is 12.7 Å². The summed E-state index contributed by atoms with van der Waals surface area (Å²) in [5.41, 5.74) is 4.44. The normalized spacial score (nSPS) is 35.4. The van der Waals surface area contributed by atoms with Crippen LogP contribution in [0.5, 0.6) is 0 Å². The van der Waals surface area contributed by atoms with E-state index >= 15 is 0 Å². The Kier molecular flexibility index (Phi) is 1.77. The summed E-state index contributed by atoms with van der Waals surface area (Å²) in [4.78, 5) is 0. The highest BCUT2D eigenvalue weighted by atomic mass is 19.1. The maximum atomic E-state index is 14.5. The molecule has 4 heteroatoms. The Balaban J connectivity index is 2.36. The molecule has 1 aromatic heterocycles. The Labute approximate surface area is 83.1 Å². The monoisotopic (exact) mass is 197 g/mol. The van der Waals surface area contributed by atoms with Gasteiger partial charge in [-0.05, 0) is 6.07 Å². The van der Waals surface area contributed by atoms with Crippen LogP contribution in [0.4, 0.5) is 4.39 Å². The summed E-state index contributed by atoms with van der Waals surface area (Å²) in [7, 11) is 1.79. The SMILES string of the molecule is Cn1ccc(C2(F)CC(N)C2(C)C)n1. The zero-order valence-corrected chi connectivity index (χ0v) is 8.79. The molecule has 0 spiro atoms. The predicted molar refractivity (Wildman–Crippen MR) is 52.4 cm³/mol. The smallest absolute Gasteiger partial charge is 0.162 e. The van der Waals surface area contributed by atoms with E-state index in [0.717, 1.165) is 0 Å². The van der Waals surface area contributed by atoms with Gasteiger partial charge in [0.25, 0.3) is 0 Å². The minimum Gasteiger partial charge on any atom is -0.327 e. The van der Waals surface area contributed by atoms with Gasteiger partial charge in [-0.25, -0.2) is 4.39 Å². The van der Waals surface area contributed by atoms with Crippen molar-refractivity contribution in [2.75, 3.05) is 0 Å². The van der Waals surface area contributed by atoms with E-state index in [2.05, 4.69) is 5.10 Å². The molecule has 0 radical (unpaired) electrons. The molecule has 2 rings (SSSR count). The van der Waals surface area contributed by atoms with Gasteiger partial charge in [-0.1, -0.05) is 13.8 Å². The lowest BCUT2D eigenvalue weighted by molar-refractivity contribution is -0.111. The lowest BCUT2D eigenvalue weighted by Gasteiger charge is -2.54. The molecule has 0 amide bonds. The largest absolute Gasteiger partial charge is 0.327 e. The summed E-state index contributed by atoms with van der Waals surface area (Å²) in [5, 5.41) is 4.12. The van der Waals surface area contributed by atoms with Gasteiger partial charge in [-0.2, -0.15) is 5.10 Å². The first-order valence-corrected chi connectivity index (χ1v) is 4.82. The average Bonchev–Trinajstić information content (AvgIpc) is 2.52. The maximum absolute atomic E-state index is 14.5. The van der Waals surface area contributed by atoms with Crippen LogP contribution >= 0.6 is 0 Å². The van der Waals surface area contributed by atoms with E-state index in [1.807, 2.05) is 13.8 Å². The van der Waals surface area contributed by atoms with Crippen LogP contribution in [0.3, 0.4) is 0 Å². The Morgan fingerprint density at radius 1 is 1.64 bits per heavy atom. The maximum Gasteiger partial charge on any atom is 0.162 e. The van der Waals surface area contributed by atoms with Gasteiger partial charge in [0.05, 0.1) is 0 Å². The number of nitrogens with zero attached hydrogens (tertiary/aromatic N) is 2. The highest BCUT2D eigenvalue weighted by Crippen LogP contribution is 2.57. The summed E-state index contributed by atoms with van der Waals surface area (Å²) in [6.07, 6.45) is 2.13. The van der Waals surface area contributed by atoms with Crippen molar-refractivity contribution in [3.63, 3.8) is 0 Å². The van der Waals surface area contributed by atoms with Gasteiger partial charge >= 0.3 is 0 Å². The van der Waals surface area contributed by atoms with Crippen molar-refractivity contribution >= 4 is 0 Å². The third-order valence-corrected chi connectivity index (χ3v) is 3.57. The first kappa shape index (κ1) is 9.65. The summed E-state index contributed by atoms with van der Waals surface area (Å²) >= 11 is 0. The van der Waals surface area contributed by atoms with Crippen LogP contribution in [0.25, 0.3) is 0 Å². The predicted octanol–water partition coefficient (Wildman–Crippen LogP) is 1.34. The third-order valence-electron chi connectivity index (χ3n) is 3.57. The molecular formula is C10H16FN3. The molecule has 0 bridgehead atoms. The number of hydrogen-bond donors (Lipinski definition) is 1. The molecule has 3 nitrogen and oxygen atoms in total. The van der Waals surface area contributed by atoms with E-state index in [-0.39, 0.29) is 6.04 Å². The fourth-order valence-corrected chi connectivity index (χ4v) is 2.05. The molecule has 1 aromatic rings. The zero-order chi connectivity index (χ0) is 10.6. The Hall–Kier alpha value is -0.900. The van der Waals surface area contributed by atoms with E-state index < -0.39 is 11.1 Å². The van der Waals surface area contributed by atoms with Crippen LogP contribution in [-0.4, -0.2) is 15.8 Å². The topological polar surface area (TPSA) is 43.8 Å². The highest BCUT2D eigenvalue weighted by Gasteiger charge is 2.61. The molecule has 14 heavy (non-hydrogen) atoms. The second-order valence-electron chi connectivity index (χ2n) is 4.71. The van der Waals surface area contributed by atoms with Gasteiger partial charge in [0.1, 0.15) is 5.69 Å². The molecule has 1 heterocycles. The van der Waals surface area contributed by atoms with Crippen molar-refractivity contribution in [2.24, 2.45) is 18.2 Å². The Bertz CT molecular complexity index is 358. The Morgan fingerprint density at radius 3 is 2.64 bits per heavy atom. The van der Waals surface area contributed by atoms with Gasteiger partial charge in [0, 0.05) is 31.1 Å². The average molecular weight is 197 g/mol. The minimum absolute atomic E-state index is 0.0745. The van der Waals surface area contributed by atoms with Gasteiger partial charge in [0.15, 0.2) is 5.67 Å². The quantitative estimate of drug-likeness (QED) is 0.738. The second-order valence-corrected chi connectivity index (χ2v) is 4.71. The summed E-state index contributed by atoms with van der Waals surface area (Å²) in [6, 6.07) is 1.66. The molecule has 0 aliphatic heterocycles. The fraction of sp³-hybridized carbons (Fsp3) is 0.700. The van der Waals surface area contributed by atoms with Gasteiger partial charge in [-0.3, -0.25) is 4.68 Å². The zero-order valence-electron chi connectivity index (χ0n) is 8.79. The number of nitrogens with two attached hydrogens (primary N) is 1. The summed E-state index contributed by atoms with van der Waals surface area (Å²) in [5.74, 6) is 0. The van der Waals surface area contributed by atoms with Gasteiger partial charge in [0.2, 0.25) is 0 Å². The number of hydrogen-bond acceptors (Lipinski definition) is 2. The van der Waals surface area contributed by atoms with Crippen LogP contribution in [0.15, 0.2) is 12.3 Å². The van der Waals surface area contributed by atoms with Crippen molar-refractivity contribution in [1.29, 1.82) is 0 Å². The number of aromatic nitrogens is 2. The number of halogens is 1. The third kappa shape index (κ3) is 0.974. The van der Waals surface area contributed by atoms with Crippen molar-refractivity contribution < 1.29 is 4.39 Å². The molecular weight excluding hydrogens is 181 g/mol. The number of rotatable bonds is 1. The molecule has 1 aliphatic carbocycles. The van der Waals surface area contributed by atoms with E-state index in [4.69, 9.17) is 5.73 Å². The van der Waals surface area contributed by atoms with Crippen LogP contribution in [0.2, 0.25) is 0 Å². The van der Waals surface area contributed by atoms with E-state index in [1.165, 1.54) is 0 Å². The molecule has 1 aliphatic rings. The molecule has 0 saturated heterocycles. The molecule has 2 atom stereocenters. The van der Waals surface area contributed by atoms with Crippen molar-refractivity contribution in [3.8, 4) is 0 Å². The molecule has 2 unspecified atom stereocenters. The van der Waals surface area contributed by atoms with Crippen LogP contribution < -0.4 is 5.73 Å². The molecule has 0 aromatic carbocycles. The van der Waals surface area contributed by atoms with Crippen LogP contribution in [0.1, 0.15) is 26.0 Å². The first-order chi connectivity index (χ1) is 6.38. The van der Waals surface area contributed by atoms with Crippen molar-refractivity contribution in [3.05, 3.63) is 18.0 Å². The fourth-order valence-electron chi connectivity index (χ4n) is 2.05. The summed E-state index contributed by atoms with van der Waals surface area (Å²) in [6.45, 7) is 3.71. The Morgan fingerprint density at radius 2 is 2.29 bits per heavy atom. The van der Waals surface area contributed by atoms with E-state index in [9.17, 15) is 4.39 Å². The lowest BCUT2D eigenvalue weighted by atomic mass is 9.55. The van der Waals surface area contributed by atoms with Crippen LogP contribution in [0, 0.1) is 5.41 Å². The van der Waals surface area contributed by atoms with Gasteiger partial charge in [-0.15, -0.1) is 0 Å². The lowest BCUT2D eigenvalue weighted by Crippen LogP contribution is -2.63. The molecule has 1 fully saturated rings. The highest BCUT2D eigenvalue weighted by molar-refractivity contribution is 5.24. The minimum atomic E-state index is -1.35. The second kappa shape index (κ2) is 2.57. The standard InChI is InChI=1S/C10H16FN3/c1-9(2)7(12)6-10(9,11)8-4-5-14(3)13-8/h4-5,7H,6,12H2,1-3H3. The van der Waals surface area contributed by atoms with Crippen molar-refractivity contribution in [1.82, 2.24) is 9.78 Å². The molecule has 1 saturated carbocycles. The summed E-state index contributed by atoms with van der Waals surface area (Å²) < 4.78 is 16.1. The number of alkyl halides is 1. The molecule has 78 valence electrons. The van der Waals surface area contributed by atoms with Crippen molar-refractivity contribution in [2.45, 2.75) is 32.0 Å². The van der Waals surface area contributed by atoms with E-state index in [1.54, 1.807) is 24.0 Å². The number of aryl methyl sites for hydroxylation is 1.